The van der Waals surface area contributed by atoms with Crippen molar-refractivity contribution >= 4 is 27.4 Å². The molecule has 0 unspecified atom stereocenters. The molecule has 2 aromatic carbocycles. The molecule has 0 saturated carbocycles. The zero-order valence-corrected chi connectivity index (χ0v) is 17.2. The summed E-state index contributed by atoms with van der Waals surface area (Å²) >= 11 is 1.60. The van der Waals surface area contributed by atoms with Crippen LogP contribution in [0.2, 0.25) is 0 Å². The Morgan fingerprint density at radius 2 is 1.68 bits per heavy atom. The van der Waals surface area contributed by atoms with Crippen molar-refractivity contribution < 1.29 is 9.47 Å². The molecular weight excluding hydrogens is 370 g/mol. The molecule has 1 saturated heterocycles. The molecule has 148 valence electrons. The normalized spacial score (nSPS) is 15.1. The van der Waals surface area contributed by atoms with E-state index in [9.17, 15) is 0 Å². The third kappa shape index (κ3) is 4.56. The van der Waals surface area contributed by atoms with E-state index in [1.54, 1.807) is 18.6 Å². The highest BCUT2D eigenvalue weighted by Gasteiger charge is 2.20. The summed E-state index contributed by atoms with van der Waals surface area (Å²) in [5.74, 6) is 2.93. The minimum absolute atomic E-state index is 0.761. The molecule has 0 aliphatic carbocycles. The minimum Gasteiger partial charge on any atom is -0.497 e. The fraction of sp³-hybridized carbons (Fsp3) is 0.409. The van der Waals surface area contributed by atoms with Gasteiger partial charge in [0.1, 0.15) is 17.3 Å². The van der Waals surface area contributed by atoms with E-state index in [-0.39, 0.29) is 0 Å². The number of ether oxygens (including phenoxy) is 2. The number of anilines is 1. The van der Waals surface area contributed by atoms with Gasteiger partial charge in [-0.1, -0.05) is 12.1 Å². The van der Waals surface area contributed by atoms with Crippen molar-refractivity contribution in [3.8, 4) is 11.5 Å². The number of hydrogen-bond acceptors (Lipinski definition) is 6. The van der Waals surface area contributed by atoms with Crippen molar-refractivity contribution in [2.45, 2.75) is 12.8 Å². The number of methoxy groups -OCH3 is 1. The number of nitrogens with zero attached hydrogens (tertiary/aromatic N) is 3. The van der Waals surface area contributed by atoms with Gasteiger partial charge in [-0.3, -0.25) is 4.90 Å². The number of benzene rings is 2. The lowest BCUT2D eigenvalue weighted by atomic mass is 10.2. The van der Waals surface area contributed by atoms with Gasteiger partial charge in [0.2, 0.25) is 0 Å². The lowest BCUT2D eigenvalue weighted by Gasteiger charge is -2.35. The van der Waals surface area contributed by atoms with E-state index in [1.165, 1.54) is 10.1 Å². The van der Waals surface area contributed by atoms with Crippen LogP contribution in [0.4, 0.5) is 5.82 Å². The molecule has 0 atom stereocenters. The standard InChI is InChI=1S/C22H27N3O2S/c1-26-18-8-10-19(11-9-18)27-17-5-4-12-24-13-15-25(16-14-24)22-20-6-2-3-7-21(20)28-23-22/h2-3,6-11H,4-5,12-17H2,1H3. The van der Waals surface area contributed by atoms with Gasteiger partial charge in [0.25, 0.3) is 0 Å². The van der Waals surface area contributed by atoms with Crippen LogP contribution in [0.5, 0.6) is 11.5 Å². The number of rotatable bonds is 8. The molecule has 1 aromatic heterocycles. The van der Waals surface area contributed by atoms with E-state index < -0.39 is 0 Å². The zero-order valence-electron chi connectivity index (χ0n) is 16.3. The second-order valence-corrected chi connectivity index (χ2v) is 7.87. The minimum atomic E-state index is 0.761. The number of hydrogen-bond donors (Lipinski definition) is 0. The molecule has 0 radical (unpaired) electrons. The monoisotopic (exact) mass is 397 g/mol. The highest BCUT2D eigenvalue weighted by molar-refractivity contribution is 7.13. The summed E-state index contributed by atoms with van der Waals surface area (Å²) < 4.78 is 16.9. The van der Waals surface area contributed by atoms with E-state index in [2.05, 4.69) is 34.1 Å². The predicted molar refractivity (Wildman–Crippen MR) is 116 cm³/mol. The first-order chi connectivity index (χ1) is 13.8. The van der Waals surface area contributed by atoms with Gasteiger partial charge in [0.05, 0.1) is 18.4 Å². The van der Waals surface area contributed by atoms with Crippen LogP contribution in [-0.2, 0) is 0 Å². The molecule has 4 rings (SSSR count). The van der Waals surface area contributed by atoms with Crippen molar-refractivity contribution in [3.63, 3.8) is 0 Å². The van der Waals surface area contributed by atoms with E-state index in [4.69, 9.17) is 13.8 Å². The Kier molecular flexibility index (Phi) is 6.29. The van der Waals surface area contributed by atoms with Crippen LogP contribution < -0.4 is 14.4 Å². The molecular formula is C22H27N3O2S. The quantitative estimate of drug-likeness (QED) is 0.530. The first-order valence-corrected chi connectivity index (χ1v) is 10.7. The molecule has 1 aliphatic heterocycles. The Balaban J connectivity index is 1.16. The Morgan fingerprint density at radius 1 is 0.929 bits per heavy atom. The summed E-state index contributed by atoms with van der Waals surface area (Å²) in [6.07, 6.45) is 2.23. The molecule has 0 amide bonds. The average Bonchev–Trinajstić information content (AvgIpc) is 3.19. The highest BCUT2D eigenvalue weighted by atomic mass is 32.1. The largest absolute Gasteiger partial charge is 0.497 e. The van der Waals surface area contributed by atoms with Gasteiger partial charge in [0, 0.05) is 31.6 Å². The number of fused-ring (bicyclic) bond motifs is 1. The first-order valence-electron chi connectivity index (χ1n) is 9.92. The SMILES string of the molecule is COc1ccc(OCCCCN2CCN(c3nsc4ccccc34)CC2)cc1. The second kappa shape index (κ2) is 9.26. The van der Waals surface area contributed by atoms with E-state index in [0.29, 0.717) is 0 Å². The van der Waals surface area contributed by atoms with Crippen LogP contribution in [-0.4, -0.2) is 55.7 Å². The zero-order chi connectivity index (χ0) is 19.2. The fourth-order valence-corrected chi connectivity index (χ4v) is 4.38. The van der Waals surface area contributed by atoms with Crippen LogP contribution in [0.3, 0.4) is 0 Å². The van der Waals surface area contributed by atoms with Crippen LogP contribution in [0, 0.1) is 0 Å². The summed E-state index contributed by atoms with van der Waals surface area (Å²) in [6, 6.07) is 16.3. The number of piperazine rings is 1. The van der Waals surface area contributed by atoms with Crippen molar-refractivity contribution in [3.05, 3.63) is 48.5 Å². The molecule has 2 heterocycles. The maximum absolute atomic E-state index is 5.81. The maximum atomic E-state index is 5.81. The third-order valence-corrected chi connectivity index (χ3v) is 6.04. The summed E-state index contributed by atoms with van der Waals surface area (Å²) in [7, 11) is 1.68. The van der Waals surface area contributed by atoms with Gasteiger partial charge in [-0.2, -0.15) is 4.37 Å². The van der Waals surface area contributed by atoms with Crippen molar-refractivity contribution in [1.29, 1.82) is 0 Å². The summed E-state index contributed by atoms with van der Waals surface area (Å²) in [5.41, 5.74) is 0. The lowest BCUT2D eigenvalue weighted by molar-refractivity contribution is 0.238. The van der Waals surface area contributed by atoms with Gasteiger partial charge in [-0.25, -0.2) is 0 Å². The Labute approximate surface area is 170 Å². The Hall–Kier alpha value is -2.31. The van der Waals surface area contributed by atoms with Crippen LogP contribution in [0.1, 0.15) is 12.8 Å². The summed E-state index contributed by atoms with van der Waals surface area (Å²) in [5, 5.41) is 1.29. The molecule has 3 aromatic rings. The van der Waals surface area contributed by atoms with E-state index in [0.717, 1.165) is 69.5 Å². The number of aromatic nitrogens is 1. The third-order valence-electron chi connectivity index (χ3n) is 5.23. The van der Waals surface area contributed by atoms with Gasteiger partial charge < -0.3 is 14.4 Å². The summed E-state index contributed by atoms with van der Waals surface area (Å²) in [6.45, 7) is 6.21. The van der Waals surface area contributed by atoms with Crippen molar-refractivity contribution in [2.24, 2.45) is 0 Å². The Bertz CT molecular complexity index is 873. The van der Waals surface area contributed by atoms with Gasteiger partial charge in [-0.05, 0) is 67.3 Å². The Morgan fingerprint density at radius 3 is 2.46 bits per heavy atom. The average molecular weight is 398 g/mol. The molecule has 6 heteroatoms. The van der Waals surface area contributed by atoms with E-state index in [1.807, 2.05) is 24.3 Å². The topological polar surface area (TPSA) is 37.8 Å². The lowest BCUT2D eigenvalue weighted by Crippen LogP contribution is -2.46. The molecule has 28 heavy (non-hydrogen) atoms. The number of unbranched alkanes of at least 4 members (excludes halogenated alkanes) is 1. The maximum Gasteiger partial charge on any atom is 0.150 e. The molecule has 5 nitrogen and oxygen atoms in total. The smallest absolute Gasteiger partial charge is 0.150 e. The van der Waals surface area contributed by atoms with E-state index >= 15 is 0 Å². The molecule has 0 spiro atoms. The second-order valence-electron chi connectivity index (χ2n) is 7.06. The van der Waals surface area contributed by atoms with Crippen molar-refractivity contribution in [2.75, 3.05) is 51.3 Å². The van der Waals surface area contributed by atoms with Crippen LogP contribution >= 0.6 is 11.5 Å². The predicted octanol–water partition coefficient (Wildman–Crippen LogP) is 4.29. The van der Waals surface area contributed by atoms with Crippen LogP contribution in [0.25, 0.3) is 10.1 Å². The summed E-state index contributed by atoms with van der Waals surface area (Å²) in [4.78, 5) is 4.99. The highest BCUT2D eigenvalue weighted by Crippen LogP contribution is 2.29. The fourth-order valence-electron chi connectivity index (χ4n) is 3.58. The molecule has 0 N–H and O–H groups in total. The van der Waals surface area contributed by atoms with Gasteiger partial charge >= 0.3 is 0 Å². The van der Waals surface area contributed by atoms with Crippen LogP contribution in [0.15, 0.2) is 48.5 Å². The molecule has 1 aliphatic rings. The van der Waals surface area contributed by atoms with Gasteiger partial charge in [-0.15, -0.1) is 0 Å². The molecule has 0 bridgehead atoms. The van der Waals surface area contributed by atoms with Crippen molar-refractivity contribution in [1.82, 2.24) is 9.27 Å². The van der Waals surface area contributed by atoms with Gasteiger partial charge in [0.15, 0.2) is 0 Å². The first kappa shape index (κ1) is 19.0. The molecule has 1 fully saturated rings.